The number of piperazine rings is 1. The number of likely N-dealkylation sites (N-methyl/N-ethyl adjacent to an activating group) is 1. The van der Waals surface area contributed by atoms with Crippen LogP contribution in [0.4, 0.5) is 0 Å². The molecule has 0 saturated carbocycles. The Hall–Kier alpha value is -0.120. The highest BCUT2D eigenvalue weighted by Gasteiger charge is 2.36. The lowest BCUT2D eigenvalue weighted by molar-refractivity contribution is 0.0893. The molecule has 2 N–H and O–H groups in total. The Bertz CT molecular complexity index is 123. The van der Waals surface area contributed by atoms with Crippen molar-refractivity contribution in [2.24, 2.45) is 5.84 Å². The fourth-order valence-corrected chi connectivity index (χ4v) is 2.15. The van der Waals surface area contributed by atoms with Crippen LogP contribution in [0.1, 0.15) is 12.8 Å². The summed E-state index contributed by atoms with van der Waals surface area (Å²) in [6.07, 6.45) is 2.68. The van der Waals surface area contributed by atoms with E-state index < -0.39 is 0 Å². The van der Waals surface area contributed by atoms with Crippen LogP contribution in [0.3, 0.4) is 0 Å². The van der Waals surface area contributed by atoms with Gasteiger partial charge in [0.05, 0.1) is 0 Å². The first-order valence-corrected chi connectivity index (χ1v) is 3.99. The van der Waals surface area contributed by atoms with E-state index in [-0.39, 0.29) is 0 Å². The molecule has 0 aromatic heterocycles. The second-order valence-electron chi connectivity index (χ2n) is 3.50. The highest BCUT2D eigenvalue weighted by molar-refractivity contribution is 4.92. The average molecular weight is 141 g/mol. The van der Waals surface area contributed by atoms with Gasteiger partial charge in [-0.2, -0.15) is 0 Å². The molecule has 2 unspecified atom stereocenters. The van der Waals surface area contributed by atoms with Gasteiger partial charge in [-0.15, -0.1) is 0 Å². The van der Waals surface area contributed by atoms with Gasteiger partial charge in [-0.1, -0.05) is 0 Å². The molecule has 2 saturated heterocycles. The van der Waals surface area contributed by atoms with Gasteiger partial charge in [0.2, 0.25) is 0 Å². The Morgan fingerprint density at radius 1 is 1.20 bits per heavy atom. The summed E-state index contributed by atoms with van der Waals surface area (Å²) in [7, 11) is 2.22. The lowest BCUT2D eigenvalue weighted by Gasteiger charge is -2.36. The fraction of sp³-hybridized carbons (Fsp3) is 1.00. The Balaban J connectivity index is 2.09. The molecule has 2 atom stereocenters. The van der Waals surface area contributed by atoms with E-state index in [0.29, 0.717) is 0 Å². The summed E-state index contributed by atoms with van der Waals surface area (Å²) in [6.45, 7) is 2.12. The van der Waals surface area contributed by atoms with Crippen LogP contribution in [0.25, 0.3) is 0 Å². The average Bonchev–Trinajstić information content (AvgIpc) is 2.20. The first-order chi connectivity index (χ1) is 4.77. The number of hydrazine groups is 1. The topological polar surface area (TPSA) is 32.5 Å². The van der Waals surface area contributed by atoms with Crippen LogP contribution in [0, 0.1) is 0 Å². The van der Waals surface area contributed by atoms with Crippen molar-refractivity contribution in [1.82, 2.24) is 9.91 Å². The Morgan fingerprint density at radius 2 is 1.70 bits per heavy atom. The van der Waals surface area contributed by atoms with Crippen LogP contribution < -0.4 is 5.84 Å². The van der Waals surface area contributed by atoms with Gasteiger partial charge in [-0.05, 0) is 19.9 Å². The highest BCUT2D eigenvalue weighted by Crippen LogP contribution is 2.26. The Kier molecular flexibility index (Phi) is 1.44. The first-order valence-electron chi connectivity index (χ1n) is 3.99. The maximum absolute atomic E-state index is 5.72. The van der Waals surface area contributed by atoms with Gasteiger partial charge in [0.15, 0.2) is 0 Å². The summed E-state index contributed by atoms with van der Waals surface area (Å²) >= 11 is 0. The van der Waals surface area contributed by atoms with Gasteiger partial charge in [0, 0.05) is 25.2 Å². The molecular weight excluding hydrogens is 126 g/mol. The fourth-order valence-electron chi connectivity index (χ4n) is 2.15. The molecule has 0 radical (unpaired) electrons. The van der Waals surface area contributed by atoms with Gasteiger partial charge in [0.1, 0.15) is 0 Å². The second kappa shape index (κ2) is 2.19. The third kappa shape index (κ3) is 0.856. The summed E-state index contributed by atoms with van der Waals surface area (Å²) in [6, 6.07) is 1.48. The number of hydrogen-bond donors (Lipinski definition) is 1. The maximum Gasteiger partial charge on any atom is 0.0285 e. The van der Waals surface area contributed by atoms with Crippen molar-refractivity contribution >= 4 is 0 Å². The molecule has 2 fully saturated rings. The lowest BCUT2D eigenvalue weighted by atomic mass is 10.2. The number of rotatable bonds is 0. The number of nitrogens with two attached hydrogens (primary N) is 1. The van der Waals surface area contributed by atoms with Gasteiger partial charge < -0.3 is 0 Å². The molecule has 2 aliphatic rings. The van der Waals surface area contributed by atoms with E-state index >= 15 is 0 Å². The SMILES string of the molecule is CN1C2CCC1CN(N)C2. The van der Waals surface area contributed by atoms with Gasteiger partial charge in [0.25, 0.3) is 0 Å². The molecule has 0 aliphatic carbocycles. The molecule has 58 valence electrons. The zero-order valence-electron chi connectivity index (χ0n) is 6.45. The highest BCUT2D eigenvalue weighted by atomic mass is 15.5. The first kappa shape index (κ1) is 6.58. The summed E-state index contributed by atoms with van der Waals surface area (Å²) in [4.78, 5) is 2.48. The Labute approximate surface area is 61.7 Å². The van der Waals surface area contributed by atoms with Crippen molar-refractivity contribution in [1.29, 1.82) is 0 Å². The van der Waals surface area contributed by atoms with Crippen molar-refractivity contribution < 1.29 is 0 Å². The Morgan fingerprint density at radius 3 is 2.20 bits per heavy atom. The van der Waals surface area contributed by atoms with Gasteiger partial charge in [-0.3, -0.25) is 10.7 Å². The third-order valence-electron chi connectivity index (χ3n) is 2.88. The monoisotopic (exact) mass is 141 g/mol. The van der Waals surface area contributed by atoms with Crippen LogP contribution in [0.15, 0.2) is 0 Å². The largest absolute Gasteiger partial charge is 0.298 e. The quantitative estimate of drug-likeness (QED) is 0.467. The molecule has 0 aromatic carbocycles. The van der Waals surface area contributed by atoms with Gasteiger partial charge >= 0.3 is 0 Å². The van der Waals surface area contributed by atoms with Crippen molar-refractivity contribution in [3.8, 4) is 0 Å². The van der Waals surface area contributed by atoms with E-state index in [0.717, 1.165) is 25.2 Å². The van der Waals surface area contributed by atoms with Crippen molar-refractivity contribution in [3.05, 3.63) is 0 Å². The molecule has 0 aromatic rings. The zero-order chi connectivity index (χ0) is 7.14. The molecule has 0 spiro atoms. The molecule has 0 amide bonds. The number of fused-ring (bicyclic) bond motifs is 2. The number of nitrogens with zero attached hydrogens (tertiary/aromatic N) is 2. The molecule has 2 rings (SSSR count). The molecule has 3 nitrogen and oxygen atoms in total. The molecule has 3 heteroatoms. The molecular formula is C7H15N3. The van der Waals surface area contributed by atoms with E-state index in [2.05, 4.69) is 11.9 Å². The van der Waals surface area contributed by atoms with E-state index in [4.69, 9.17) is 5.84 Å². The molecule has 2 aliphatic heterocycles. The molecule has 2 bridgehead atoms. The predicted octanol–water partition coefficient (Wildman–Crippen LogP) is -0.361. The lowest BCUT2D eigenvalue weighted by Crippen LogP contribution is -2.54. The van der Waals surface area contributed by atoms with Crippen molar-refractivity contribution in [3.63, 3.8) is 0 Å². The standard InChI is InChI=1S/C7H15N3/c1-9-6-2-3-7(9)5-10(8)4-6/h6-7H,2-5,8H2,1H3. The van der Waals surface area contributed by atoms with E-state index in [1.165, 1.54) is 12.8 Å². The summed E-state index contributed by atoms with van der Waals surface area (Å²) in [5.41, 5.74) is 0. The molecule has 2 heterocycles. The smallest absolute Gasteiger partial charge is 0.0285 e. The van der Waals surface area contributed by atoms with E-state index in [1.54, 1.807) is 0 Å². The van der Waals surface area contributed by atoms with Crippen LogP contribution in [-0.4, -0.2) is 42.1 Å². The van der Waals surface area contributed by atoms with Gasteiger partial charge in [-0.25, -0.2) is 5.01 Å². The summed E-state index contributed by atoms with van der Waals surface area (Å²) in [5, 5.41) is 1.96. The van der Waals surface area contributed by atoms with Crippen molar-refractivity contribution in [2.45, 2.75) is 24.9 Å². The summed E-state index contributed by atoms with van der Waals surface area (Å²) < 4.78 is 0. The summed E-state index contributed by atoms with van der Waals surface area (Å²) in [5.74, 6) is 5.72. The van der Waals surface area contributed by atoms with Crippen LogP contribution >= 0.6 is 0 Å². The van der Waals surface area contributed by atoms with Crippen LogP contribution in [0.5, 0.6) is 0 Å². The third-order valence-corrected chi connectivity index (χ3v) is 2.88. The molecule has 10 heavy (non-hydrogen) atoms. The van der Waals surface area contributed by atoms with E-state index in [9.17, 15) is 0 Å². The minimum absolute atomic E-state index is 0.740. The maximum atomic E-state index is 5.72. The van der Waals surface area contributed by atoms with Crippen LogP contribution in [-0.2, 0) is 0 Å². The predicted molar refractivity (Wildman–Crippen MR) is 40.3 cm³/mol. The van der Waals surface area contributed by atoms with Crippen molar-refractivity contribution in [2.75, 3.05) is 20.1 Å². The minimum atomic E-state index is 0.740. The second-order valence-corrected chi connectivity index (χ2v) is 3.50. The minimum Gasteiger partial charge on any atom is -0.298 e. The number of hydrogen-bond acceptors (Lipinski definition) is 3. The normalized spacial score (nSPS) is 42.6. The van der Waals surface area contributed by atoms with E-state index in [1.807, 2.05) is 5.01 Å². The zero-order valence-corrected chi connectivity index (χ0v) is 6.45. The van der Waals surface area contributed by atoms with Crippen LogP contribution in [0.2, 0.25) is 0 Å².